The number of benzene rings is 2. The molecule has 1 saturated heterocycles. The van der Waals surface area contributed by atoms with Crippen LogP contribution in [0.2, 0.25) is 0 Å². The first kappa shape index (κ1) is 20.9. The number of carbonyl (C=O) groups excluding carboxylic acids is 2. The predicted molar refractivity (Wildman–Crippen MR) is 116 cm³/mol. The smallest absolute Gasteiger partial charge is 0.229 e. The zero-order chi connectivity index (χ0) is 20.6. The van der Waals surface area contributed by atoms with Gasteiger partial charge in [-0.3, -0.25) is 9.59 Å². The summed E-state index contributed by atoms with van der Waals surface area (Å²) in [6.07, 6.45) is 4.57. The van der Waals surface area contributed by atoms with Gasteiger partial charge in [0.15, 0.2) is 0 Å². The summed E-state index contributed by atoms with van der Waals surface area (Å²) >= 11 is 0. The normalized spacial score (nSPS) is 16.1. The molecule has 0 spiro atoms. The molecule has 1 N–H and O–H groups in total. The van der Waals surface area contributed by atoms with Crippen molar-refractivity contribution in [3.8, 4) is 5.75 Å². The lowest BCUT2D eigenvalue weighted by atomic mass is 10.1. The molecule has 0 aliphatic carbocycles. The molecule has 0 saturated carbocycles. The van der Waals surface area contributed by atoms with E-state index in [-0.39, 0.29) is 24.2 Å². The molecular weight excluding hydrogens is 364 g/mol. The first-order valence-corrected chi connectivity index (χ1v) is 10.5. The Morgan fingerprint density at radius 1 is 1.07 bits per heavy atom. The van der Waals surface area contributed by atoms with Crippen molar-refractivity contribution in [2.75, 3.05) is 23.4 Å². The van der Waals surface area contributed by atoms with Gasteiger partial charge in [-0.05, 0) is 54.8 Å². The van der Waals surface area contributed by atoms with Gasteiger partial charge in [-0.2, -0.15) is 0 Å². The minimum Gasteiger partial charge on any atom is -0.494 e. The number of hydrogen-bond donors (Lipinski definition) is 1. The number of rotatable bonds is 9. The van der Waals surface area contributed by atoms with Crippen molar-refractivity contribution in [3.63, 3.8) is 0 Å². The maximum atomic E-state index is 12.6. The third kappa shape index (κ3) is 5.59. The largest absolute Gasteiger partial charge is 0.494 e. The lowest BCUT2D eigenvalue weighted by Crippen LogP contribution is -2.28. The number of ether oxygens (including phenoxy) is 1. The van der Waals surface area contributed by atoms with Crippen LogP contribution in [-0.2, 0) is 16.0 Å². The van der Waals surface area contributed by atoms with Crippen molar-refractivity contribution >= 4 is 23.2 Å². The Kier molecular flexibility index (Phi) is 7.28. The molecule has 0 radical (unpaired) electrons. The third-order valence-electron chi connectivity index (χ3n) is 5.29. The van der Waals surface area contributed by atoms with Crippen molar-refractivity contribution < 1.29 is 14.3 Å². The molecule has 2 aromatic rings. The summed E-state index contributed by atoms with van der Waals surface area (Å²) in [5, 5.41) is 2.92. The van der Waals surface area contributed by atoms with E-state index in [9.17, 15) is 9.59 Å². The van der Waals surface area contributed by atoms with E-state index < -0.39 is 0 Å². The van der Waals surface area contributed by atoms with E-state index in [4.69, 9.17) is 4.74 Å². The molecule has 1 fully saturated rings. The van der Waals surface area contributed by atoms with Gasteiger partial charge < -0.3 is 15.0 Å². The molecule has 1 unspecified atom stereocenters. The highest BCUT2D eigenvalue weighted by Crippen LogP contribution is 2.27. The van der Waals surface area contributed by atoms with Gasteiger partial charge in [0.05, 0.1) is 12.5 Å². The van der Waals surface area contributed by atoms with Gasteiger partial charge in [-0.15, -0.1) is 0 Å². The number of hydrogen-bond acceptors (Lipinski definition) is 3. The Morgan fingerprint density at radius 2 is 1.79 bits per heavy atom. The van der Waals surface area contributed by atoms with E-state index >= 15 is 0 Å². The van der Waals surface area contributed by atoms with Crippen LogP contribution in [0.4, 0.5) is 11.4 Å². The molecular formula is C24H30N2O3. The van der Waals surface area contributed by atoms with E-state index in [0.717, 1.165) is 30.7 Å². The van der Waals surface area contributed by atoms with Crippen LogP contribution in [-0.4, -0.2) is 25.0 Å². The summed E-state index contributed by atoms with van der Waals surface area (Å²) < 4.78 is 5.70. The summed E-state index contributed by atoms with van der Waals surface area (Å²) in [4.78, 5) is 26.8. The monoisotopic (exact) mass is 394 g/mol. The Hall–Kier alpha value is -2.82. The molecule has 1 heterocycles. The molecule has 1 atom stereocenters. The Morgan fingerprint density at radius 3 is 2.45 bits per heavy atom. The third-order valence-corrected chi connectivity index (χ3v) is 5.29. The highest BCUT2D eigenvalue weighted by Gasteiger charge is 2.35. The lowest BCUT2D eigenvalue weighted by molar-refractivity contribution is -0.122. The van der Waals surface area contributed by atoms with Gasteiger partial charge in [-0.25, -0.2) is 0 Å². The second-order valence-corrected chi connectivity index (χ2v) is 7.49. The second kappa shape index (κ2) is 10.1. The number of carbonyl (C=O) groups is 2. The molecule has 1 aliphatic heterocycles. The van der Waals surface area contributed by atoms with Crippen molar-refractivity contribution in [3.05, 3.63) is 54.1 Å². The lowest BCUT2D eigenvalue weighted by Gasteiger charge is -2.17. The van der Waals surface area contributed by atoms with Crippen molar-refractivity contribution in [1.82, 2.24) is 0 Å². The molecule has 1 aliphatic rings. The fourth-order valence-corrected chi connectivity index (χ4v) is 3.47. The SMILES string of the molecule is CCCCCOc1ccc(NC(=O)C2CC(=O)N(c3ccc(CC)cc3)C2)cc1. The van der Waals surface area contributed by atoms with E-state index in [1.807, 2.05) is 48.5 Å². The highest BCUT2D eigenvalue weighted by molar-refractivity contribution is 6.03. The number of aryl methyl sites for hydroxylation is 1. The van der Waals surface area contributed by atoms with Gasteiger partial charge in [-0.1, -0.05) is 38.8 Å². The molecule has 0 aromatic heterocycles. The molecule has 0 bridgehead atoms. The minimum atomic E-state index is -0.349. The first-order chi connectivity index (χ1) is 14.1. The maximum Gasteiger partial charge on any atom is 0.229 e. The minimum absolute atomic E-state index is 0.00905. The van der Waals surface area contributed by atoms with Gasteiger partial charge in [0.1, 0.15) is 5.75 Å². The van der Waals surface area contributed by atoms with Crippen LogP contribution in [0.25, 0.3) is 0 Å². The summed E-state index contributed by atoms with van der Waals surface area (Å²) in [6, 6.07) is 15.4. The molecule has 5 nitrogen and oxygen atoms in total. The predicted octanol–water partition coefficient (Wildman–Crippen LogP) is 4.81. The Labute approximate surface area is 173 Å². The molecule has 154 valence electrons. The quantitative estimate of drug-likeness (QED) is 0.621. The van der Waals surface area contributed by atoms with Crippen molar-refractivity contribution in [1.29, 1.82) is 0 Å². The van der Waals surface area contributed by atoms with Crippen LogP contribution in [0, 0.1) is 5.92 Å². The van der Waals surface area contributed by atoms with Crippen LogP contribution >= 0.6 is 0 Å². The van der Waals surface area contributed by atoms with E-state index in [1.165, 1.54) is 12.0 Å². The average Bonchev–Trinajstić information content (AvgIpc) is 3.14. The van der Waals surface area contributed by atoms with Crippen molar-refractivity contribution in [2.45, 2.75) is 46.0 Å². The molecule has 5 heteroatoms. The standard InChI is InChI=1S/C24H30N2O3/c1-3-5-6-15-29-22-13-9-20(10-14-22)25-24(28)19-16-23(27)26(17-19)21-11-7-18(4-2)8-12-21/h7-14,19H,3-6,15-17H2,1-2H3,(H,25,28). The topological polar surface area (TPSA) is 58.6 Å². The molecule has 3 rings (SSSR count). The van der Waals surface area contributed by atoms with Crippen LogP contribution in [0.15, 0.2) is 48.5 Å². The van der Waals surface area contributed by atoms with E-state index in [0.29, 0.717) is 18.8 Å². The Balaban J connectivity index is 1.53. The second-order valence-electron chi connectivity index (χ2n) is 7.49. The number of nitrogens with one attached hydrogen (secondary N) is 1. The zero-order valence-corrected chi connectivity index (χ0v) is 17.3. The fraction of sp³-hybridized carbons (Fsp3) is 0.417. The van der Waals surface area contributed by atoms with Gasteiger partial charge >= 0.3 is 0 Å². The first-order valence-electron chi connectivity index (χ1n) is 10.5. The van der Waals surface area contributed by atoms with Crippen LogP contribution in [0.5, 0.6) is 5.75 Å². The number of unbranched alkanes of at least 4 members (excludes halogenated alkanes) is 2. The number of anilines is 2. The molecule has 2 aromatic carbocycles. The summed E-state index contributed by atoms with van der Waals surface area (Å²) in [6.45, 7) is 5.38. The van der Waals surface area contributed by atoms with Crippen LogP contribution < -0.4 is 15.0 Å². The number of amides is 2. The number of nitrogens with zero attached hydrogens (tertiary/aromatic N) is 1. The van der Waals surface area contributed by atoms with Gasteiger partial charge in [0.25, 0.3) is 0 Å². The molecule has 29 heavy (non-hydrogen) atoms. The van der Waals surface area contributed by atoms with Crippen molar-refractivity contribution in [2.24, 2.45) is 5.92 Å². The van der Waals surface area contributed by atoms with Crippen LogP contribution in [0.3, 0.4) is 0 Å². The van der Waals surface area contributed by atoms with E-state index in [1.54, 1.807) is 4.90 Å². The van der Waals surface area contributed by atoms with E-state index in [2.05, 4.69) is 19.2 Å². The zero-order valence-electron chi connectivity index (χ0n) is 17.3. The average molecular weight is 395 g/mol. The summed E-state index contributed by atoms with van der Waals surface area (Å²) in [7, 11) is 0. The highest BCUT2D eigenvalue weighted by atomic mass is 16.5. The van der Waals surface area contributed by atoms with Crippen LogP contribution in [0.1, 0.15) is 45.1 Å². The fourth-order valence-electron chi connectivity index (χ4n) is 3.47. The molecule has 2 amide bonds. The maximum absolute atomic E-state index is 12.6. The summed E-state index contributed by atoms with van der Waals surface area (Å²) in [5.41, 5.74) is 2.80. The summed E-state index contributed by atoms with van der Waals surface area (Å²) in [5.74, 6) is 0.322. The Bertz CT molecular complexity index is 815. The van der Waals surface area contributed by atoms with Gasteiger partial charge in [0.2, 0.25) is 11.8 Å². The van der Waals surface area contributed by atoms with Gasteiger partial charge in [0, 0.05) is 24.3 Å².